The molecule has 0 radical (unpaired) electrons. The van der Waals surface area contributed by atoms with Crippen LogP contribution in [0.4, 0.5) is 0 Å². The van der Waals surface area contributed by atoms with Crippen molar-refractivity contribution in [3.05, 3.63) is 68.9 Å². The fourth-order valence-corrected chi connectivity index (χ4v) is 5.84. The molecule has 8 nitrogen and oxygen atoms in total. The van der Waals surface area contributed by atoms with E-state index < -0.39 is 11.2 Å². The number of hydrogen-bond acceptors (Lipinski definition) is 5. The normalized spacial score (nSPS) is 16.3. The van der Waals surface area contributed by atoms with E-state index >= 15 is 0 Å². The monoisotopic (exact) mass is 491 g/mol. The van der Waals surface area contributed by atoms with Gasteiger partial charge in [0.1, 0.15) is 0 Å². The lowest BCUT2D eigenvalue weighted by atomic mass is 10.0. The fourth-order valence-electron chi connectivity index (χ4n) is 4.96. The van der Waals surface area contributed by atoms with Crippen LogP contribution in [0, 0.1) is 0 Å². The average Bonchev–Trinajstić information content (AvgIpc) is 3.23. The lowest BCUT2D eigenvalue weighted by Crippen LogP contribution is -2.43. The molecule has 1 amide bonds. The number of aryl methyl sites for hydroxylation is 1. The standard InChI is InChI=1S/C26H29N5O3S/c1-17-9-6-7-14-30(17)21(32)16-35-25-27-23-22(24(33)29(3)26(34)28(23)2)31(25)15-19-12-8-11-18-10-4-5-13-20(18)19/h4-5,8,10-13,17H,6-7,9,14-16H2,1-3H3/t17-/m0/s1. The van der Waals surface area contributed by atoms with Crippen molar-refractivity contribution in [2.45, 2.75) is 43.9 Å². The second-order valence-electron chi connectivity index (χ2n) is 9.22. The predicted molar refractivity (Wildman–Crippen MR) is 139 cm³/mol. The van der Waals surface area contributed by atoms with Gasteiger partial charge in [-0.15, -0.1) is 0 Å². The number of rotatable bonds is 5. The van der Waals surface area contributed by atoms with E-state index in [0.717, 1.165) is 46.7 Å². The van der Waals surface area contributed by atoms with Crippen LogP contribution in [0.15, 0.2) is 57.2 Å². The molecule has 2 aromatic heterocycles. The Labute approximate surface area is 207 Å². The highest BCUT2D eigenvalue weighted by molar-refractivity contribution is 7.99. The van der Waals surface area contributed by atoms with Gasteiger partial charge in [-0.2, -0.15) is 0 Å². The molecule has 35 heavy (non-hydrogen) atoms. The third kappa shape index (κ3) is 4.18. The van der Waals surface area contributed by atoms with E-state index in [1.54, 1.807) is 7.05 Å². The van der Waals surface area contributed by atoms with Crippen LogP contribution in [0.1, 0.15) is 31.7 Å². The zero-order chi connectivity index (χ0) is 24.7. The summed E-state index contributed by atoms with van der Waals surface area (Å²) in [4.78, 5) is 45.5. The van der Waals surface area contributed by atoms with E-state index in [-0.39, 0.29) is 17.7 Å². The number of nitrogens with zero attached hydrogens (tertiary/aromatic N) is 5. The number of amides is 1. The lowest BCUT2D eigenvalue weighted by Gasteiger charge is -2.33. The molecule has 1 aliphatic rings. The van der Waals surface area contributed by atoms with E-state index in [9.17, 15) is 14.4 Å². The number of hydrogen-bond donors (Lipinski definition) is 0. The third-order valence-corrected chi connectivity index (χ3v) is 7.93. The SMILES string of the molecule is C[C@H]1CCCCN1C(=O)CSc1nc2c(c(=O)n(C)c(=O)n2C)n1Cc1cccc2ccccc12. The average molecular weight is 492 g/mol. The van der Waals surface area contributed by atoms with Crippen LogP contribution in [0.3, 0.4) is 0 Å². The van der Waals surface area contributed by atoms with Crippen LogP contribution in [-0.4, -0.2) is 47.8 Å². The van der Waals surface area contributed by atoms with Crippen molar-refractivity contribution in [1.82, 2.24) is 23.6 Å². The van der Waals surface area contributed by atoms with E-state index in [2.05, 4.69) is 25.1 Å². The molecule has 1 aliphatic heterocycles. The van der Waals surface area contributed by atoms with Crippen molar-refractivity contribution >= 4 is 39.6 Å². The van der Waals surface area contributed by atoms with E-state index in [1.165, 1.54) is 23.4 Å². The minimum atomic E-state index is -0.424. The maximum atomic E-state index is 13.2. The van der Waals surface area contributed by atoms with Gasteiger partial charge in [0, 0.05) is 26.7 Å². The summed E-state index contributed by atoms with van der Waals surface area (Å²) < 4.78 is 4.37. The number of imidazole rings is 1. The molecular weight excluding hydrogens is 462 g/mol. The molecule has 0 N–H and O–H groups in total. The first-order chi connectivity index (χ1) is 16.9. The van der Waals surface area contributed by atoms with Gasteiger partial charge in [0.2, 0.25) is 5.91 Å². The highest BCUT2D eigenvalue weighted by Gasteiger charge is 2.25. The molecule has 1 atom stereocenters. The zero-order valence-corrected chi connectivity index (χ0v) is 21.0. The topological polar surface area (TPSA) is 82.1 Å². The smallest absolute Gasteiger partial charge is 0.332 e. The molecular formula is C26H29N5O3S. The van der Waals surface area contributed by atoms with Crippen LogP contribution in [-0.2, 0) is 25.4 Å². The van der Waals surface area contributed by atoms with Gasteiger partial charge in [0.15, 0.2) is 16.3 Å². The van der Waals surface area contributed by atoms with Gasteiger partial charge in [0.05, 0.1) is 12.3 Å². The van der Waals surface area contributed by atoms with Gasteiger partial charge in [-0.05, 0) is 42.5 Å². The number of fused-ring (bicyclic) bond motifs is 2. The maximum absolute atomic E-state index is 13.2. The minimum absolute atomic E-state index is 0.0766. The fraction of sp³-hybridized carbons (Fsp3) is 0.385. The number of piperidine rings is 1. The van der Waals surface area contributed by atoms with Crippen molar-refractivity contribution in [2.24, 2.45) is 14.1 Å². The molecule has 0 saturated carbocycles. The summed E-state index contributed by atoms with van der Waals surface area (Å²) in [6.07, 6.45) is 3.20. The summed E-state index contributed by atoms with van der Waals surface area (Å²) in [5.41, 5.74) is 0.922. The molecule has 0 spiro atoms. The summed E-state index contributed by atoms with van der Waals surface area (Å²) in [5, 5.41) is 2.76. The molecule has 0 unspecified atom stereocenters. The van der Waals surface area contributed by atoms with Crippen molar-refractivity contribution in [1.29, 1.82) is 0 Å². The third-order valence-electron chi connectivity index (χ3n) is 6.97. The van der Waals surface area contributed by atoms with Crippen LogP contribution in [0.25, 0.3) is 21.9 Å². The molecule has 2 aromatic carbocycles. The summed E-state index contributed by atoms with van der Waals surface area (Å²) >= 11 is 1.33. The number of carbonyl (C=O) groups is 1. The second kappa shape index (κ2) is 9.37. The van der Waals surface area contributed by atoms with E-state index in [0.29, 0.717) is 22.9 Å². The van der Waals surface area contributed by atoms with Crippen molar-refractivity contribution in [3.63, 3.8) is 0 Å². The molecule has 3 heterocycles. The van der Waals surface area contributed by atoms with Crippen molar-refractivity contribution < 1.29 is 4.79 Å². The maximum Gasteiger partial charge on any atom is 0.332 e. The van der Waals surface area contributed by atoms with Crippen LogP contribution < -0.4 is 11.2 Å². The first kappa shape index (κ1) is 23.4. The Balaban J connectivity index is 1.59. The number of benzene rings is 2. The Kier molecular flexibility index (Phi) is 6.27. The number of aromatic nitrogens is 4. The Morgan fingerprint density at radius 1 is 1.06 bits per heavy atom. The number of thioether (sulfide) groups is 1. The summed E-state index contributed by atoms with van der Waals surface area (Å²) in [6, 6.07) is 14.4. The Morgan fingerprint density at radius 3 is 2.63 bits per heavy atom. The summed E-state index contributed by atoms with van der Waals surface area (Å²) in [7, 11) is 3.10. The van der Waals surface area contributed by atoms with Crippen molar-refractivity contribution in [2.75, 3.05) is 12.3 Å². The van der Waals surface area contributed by atoms with Gasteiger partial charge in [-0.3, -0.25) is 18.7 Å². The van der Waals surface area contributed by atoms with Gasteiger partial charge in [-0.1, -0.05) is 54.2 Å². The molecule has 0 bridgehead atoms. The van der Waals surface area contributed by atoms with E-state index in [4.69, 9.17) is 4.98 Å². The first-order valence-electron chi connectivity index (χ1n) is 11.9. The summed E-state index contributed by atoms with van der Waals surface area (Å²) in [6.45, 7) is 3.28. The molecule has 5 rings (SSSR count). The Morgan fingerprint density at radius 2 is 1.83 bits per heavy atom. The minimum Gasteiger partial charge on any atom is -0.339 e. The largest absolute Gasteiger partial charge is 0.339 e. The lowest BCUT2D eigenvalue weighted by molar-refractivity contribution is -0.131. The van der Waals surface area contributed by atoms with Gasteiger partial charge >= 0.3 is 5.69 Å². The highest BCUT2D eigenvalue weighted by atomic mass is 32.2. The van der Waals surface area contributed by atoms with Crippen molar-refractivity contribution in [3.8, 4) is 0 Å². The van der Waals surface area contributed by atoms with Crippen LogP contribution >= 0.6 is 11.8 Å². The summed E-state index contributed by atoms with van der Waals surface area (Å²) in [5.74, 6) is 0.310. The molecule has 4 aromatic rings. The van der Waals surface area contributed by atoms with Crippen LogP contribution in [0.5, 0.6) is 0 Å². The van der Waals surface area contributed by atoms with Gasteiger partial charge in [-0.25, -0.2) is 9.78 Å². The first-order valence-corrected chi connectivity index (χ1v) is 12.9. The molecule has 0 aliphatic carbocycles. The highest BCUT2D eigenvalue weighted by Crippen LogP contribution is 2.27. The van der Waals surface area contributed by atoms with Gasteiger partial charge in [0.25, 0.3) is 5.56 Å². The second-order valence-corrected chi connectivity index (χ2v) is 10.2. The van der Waals surface area contributed by atoms with Crippen LogP contribution in [0.2, 0.25) is 0 Å². The molecule has 9 heteroatoms. The zero-order valence-electron chi connectivity index (χ0n) is 20.2. The molecule has 1 saturated heterocycles. The number of carbonyl (C=O) groups excluding carboxylic acids is 1. The Bertz CT molecular complexity index is 1550. The molecule has 1 fully saturated rings. The van der Waals surface area contributed by atoms with Gasteiger partial charge < -0.3 is 9.47 Å². The Hall–Kier alpha value is -3.33. The van der Waals surface area contributed by atoms with E-state index in [1.807, 2.05) is 33.7 Å². The quantitative estimate of drug-likeness (QED) is 0.401. The molecule has 182 valence electrons. The predicted octanol–water partition coefficient (Wildman–Crippen LogP) is 3.13. The number of likely N-dealkylation sites (tertiary alicyclic amines) is 1.